The first-order valence-electron chi connectivity index (χ1n) is 3.35. The maximum atomic E-state index is 11.0. The van der Waals surface area contributed by atoms with Crippen LogP contribution in [0.25, 0.3) is 0 Å². The number of nitrogens with zero attached hydrogens (tertiary/aromatic N) is 1. The molecule has 0 spiro atoms. The van der Waals surface area contributed by atoms with Gasteiger partial charge < -0.3 is 0 Å². The van der Waals surface area contributed by atoms with Crippen LogP contribution in [0.15, 0.2) is 18.2 Å². The van der Waals surface area contributed by atoms with Crippen molar-refractivity contribution in [2.24, 2.45) is 5.84 Å². The number of hydrazine groups is 1. The van der Waals surface area contributed by atoms with Crippen LogP contribution in [0, 0.1) is 0 Å². The molecule has 0 unspecified atom stereocenters. The fourth-order valence-electron chi connectivity index (χ4n) is 0.768. The van der Waals surface area contributed by atoms with E-state index in [1.54, 1.807) is 18.2 Å². The molecule has 1 heterocycles. The second kappa shape index (κ2) is 4.08. The molecule has 1 rings (SSSR count). The van der Waals surface area contributed by atoms with Crippen molar-refractivity contribution in [3.63, 3.8) is 0 Å². The number of carbonyl (C=O) groups is 1. The van der Waals surface area contributed by atoms with Gasteiger partial charge in [0.2, 0.25) is 0 Å². The van der Waals surface area contributed by atoms with Gasteiger partial charge in [-0.15, -0.1) is 0 Å². The third-order valence-corrected chi connectivity index (χ3v) is 1.66. The van der Waals surface area contributed by atoms with E-state index in [-0.39, 0.29) is 0 Å². The SMILES string of the molecule is NNC(=O)c1cccc(CS)n1. The van der Waals surface area contributed by atoms with Crippen LogP contribution in [0.4, 0.5) is 0 Å². The first-order chi connectivity index (χ1) is 5.77. The van der Waals surface area contributed by atoms with Gasteiger partial charge in [0.05, 0.1) is 5.69 Å². The fraction of sp³-hybridized carbons (Fsp3) is 0.143. The van der Waals surface area contributed by atoms with Crippen LogP contribution in [-0.4, -0.2) is 10.9 Å². The van der Waals surface area contributed by atoms with Crippen LogP contribution in [0.1, 0.15) is 16.2 Å². The van der Waals surface area contributed by atoms with E-state index in [0.717, 1.165) is 5.69 Å². The Morgan fingerprint density at radius 3 is 3.00 bits per heavy atom. The highest BCUT2D eigenvalue weighted by atomic mass is 32.1. The number of amides is 1. The van der Waals surface area contributed by atoms with Gasteiger partial charge in [-0.1, -0.05) is 6.07 Å². The van der Waals surface area contributed by atoms with Crippen LogP contribution < -0.4 is 11.3 Å². The minimum Gasteiger partial charge on any atom is -0.289 e. The summed E-state index contributed by atoms with van der Waals surface area (Å²) in [6, 6.07) is 5.12. The highest BCUT2D eigenvalue weighted by Gasteiger charge is 2.04. The zero-order valence-electron chi connectivity index (χ0n) is 6.32. The second-order valence-electron chi connectivity index (χ2n) is 2.15. The molecule has 1 amide bonds. The van der Waals surface area contributed by atoms with Gasteiger partial charge in [-0.2, -0.15) is 12.6 Å². The summed E-state index contributed by atoms with van der Waals surface area (Å²) >= 11 is 4.03. The van der Waals surface area contributed by atoms with Crippen molar-refractivity contribution in [2.75, 3.05) is 0 Å². The van der Waals surface area contributed by atoms with Gasteiger partial charge in [-0.3, -0.25) is 10.2 Å². The predicted molar refractivity (Wildman–Crippen MR) is 48.6 cm³/mol. The van der Waals surface area contributed by atoms with E-state index in [1.165, 1.54) is 0 Å². The summed E-state index contributed by atoms with van der Waals surface area (Å²) in [4.78, 5) is 15.0. The molecule has 5 heteroatoms. The van der Waals surface area contributed by atoms with Gasteiger partial charge in [-0.05, 0) is 12.1 Å². The van der Waals surface area contributed by atoms with Crippen LogP contribution >= 0.6 is 12.6 Å². The summed E-state index contributed by atoms with van der Waals surface area (Å²) in [6.45, 7) is 0. The summed E-state index contributed by atoms with van der Waals surface area (Å²) in [7, 11) is 0. The van der Waals surface area contributed by atoms with Gasteiger partial charge in [0, 0.05) is 5.75 Å². The van der Waals surface area contributed by atoms with Gasteiger partial charge in [0.15, 0.2) is 0 Å². The lowest BCUT2D eigenvalue weighted by Gasteiger charge is -1.99. The standard InChI is InChI=1S/C7H9N3OS/c8-10-7(11)6-3-1-2-5(4-12)9-6/h1-3,12H,4,8H2,(H,10,11). The van der Waals surface area contributed by atoms with E-state index >= 15 is 0 Å². The van der Waals surface area contributed by atoms with Crippen LogP contribution in [-0.2, 0) is 5.75 Å². The number of nitrogen functional groups attached to an aromatic ring is 1. The van der Waals surface area contributed by atoms with Gasteiger partial charge in [0.25, 0.3) is 5.91 Å². The molecular weight excluding hydrogens is 174 g/mol. The zero-order chi connectivity index (χ0) is 8.97. The lowest BCUT2D eigenvalue weighted by molar-refractivity contribution is 0.0948. The number of hydrogen-bond acceptors (Lipinski definition) is 4. The van der Waals surface area contributed by atoms with E-state index in [0.29, 0.717) is 11.4 Å². The number of carbonyl (C=O) groups excluding carboxylic acids is 1. The Hall–Kier alpha value is -1.07. The summed E-state index contributed by atoms with van der Waals surface area (Å²) in [5.41, 5.74) is 3.06. The Kier molecular flexibility index (Phi) is 3.07. The van der Waals surface area contributed by atoms with Crippen molar-refractivity contribution >= 4 is 18.5 Å². The molecule has 0 atom stereocenters. The average molecular weight is 183 g/mol. The Morgan fingerprint density at radius 2 is 2.42 bits per heavy atom. The number of thiol groups is 1. The molecule has 0 aromatic carbocycles. The van der Waals surface area contributed by atoms with Crippen molar-refractivity contribution in [3.8, 4) is 0 Å². The minimum atomic E-state index is -0.390. The molecule has 12 heavy (non-hydrogen) atoms. The lowest BCUT2D eigenvalue weighted by atomic mass is 10.3. The first kappa shape index (κ1) is 9.02. The average Bonchev–Trinajstić information content (AvgIpc) is 2.17. The summed E-state index contributed by atoms with van der Waals surface area (Å²) in [6.07, 6.45) is 0. The molecule has 3 N–H and O–H groups in total. The number of hydrogen-bond donors (Lipinski definition) is 3. The number of aromatic nitrogens is 1. The largest absolute Gasteiger partial charge is 0.289 e. The van der Waals surface area contributed by atoms with E-state index in [4.69, 9.17) is 5.84 Å². The zero-order valence-corrected chi connectivity index (χ0v) is 7.21. The molecule has 1 aromatic heterocycles. The van der Waals surface area contributed by atoms with Crippen molar-refractivity contribution in [3.05, 3.63) is 29.6 Å². The molecule has 0 radical (unpaired) electrons. The molecule has 0 bridgehead atoms. The molecule has 1 aromatic rings. The Balaban J connectivity index is 2.93. The molecule has 0 saturated carbocycles. The lowest BCUT2D eigenvalue weighted by Crippen LogP contribution is -2.30. The topological polar surface area (TPSA) is 68.0 Å². The molecular formula is C7H9N3OS. The molecule has 0 aliphatic heterocycles. The predicted octanol–water partition coefficient (Wildman–Crippen LogP) is 0.115. The summed E-state index contributed by atoms with van der Waals surface area (Å²) < 4.78 is 0. The minimum absolute atomic E-state index is 0.309. The van der Waals surface area contributed by atoms with Crippen molar-refractivity contribution in [1.29, 1.82) is 0 Å². The van der Waals surface area contributed by atoms with E-state index < -0.39 is 5.91 Å². The van der Waals surface area contributed by atoms with Crippen LogP contribution in [0.2, 0.25) is 0 Å². The normalized spacial score (nSPS) is 9.50. The third-order valence-electron chi connectivity index (χ3n) is 1.33. The Bertz CT molecular complexity index is 290. The number of rotatable bonds is 2. The molecule has 64 valence electrons. The maximum Gasteiger partial charge on any atom is 0.283 e. The van der Waals surface area contributed by atoms with Crippen LogP contribution in [0.3, 0.4) is 0 Å². The van der Waals surface area contributed by atoms with Gasteiger partial charge in [0.1, 0.15) is 5.69 Å². The highest BCUT2D eigenvalue weighted by Crippen LogP contribution is 2.01. The molecule has 0 saturated heterocycles. The monoisotopic (exact) mass is 183 g/mol. The van der Waals surface area contributed by atoms with Gasteiger partial charge in [-0.25, -0.2) is 10.8 Å². The summed E-state index contributed by atoms with van der Waals surface area (Å²) in [5, 5.41) is 0. The second-order valence-corrected chi connectivity index (χ2v) is 2.46. The number of pyridine rings is 1. The molecule has 0 aliphatic rings. The third kappa shape index (κ3) is 1.96. The Morgan fingerprint density at radius 1 is 1.67 bits per heavy atom. The van der Waals surface area contributed by atoms with E-state index in [1.807, 2.05) is 5.43 Å². The molecule has 0 fully saturated rings. The van der Waals surface area contributed by atoms with Crippen molar-refractivity contribution in [2.45, 2.75) is 5.75 Å². The van der Waals surface area contributed by atoms with Gasteiger partial charge >= 0.3 is 0 Å². The first-order valence-corrected chi connectivity index (χ1v) is 3.99. The fourth-order valence-corrected chi connectivity index (χ4v) is 0.944. The molecule has 0 aliphatic carbocycles. The van der Waals surface area contributed by atoms with E-state index in [2.05, 4.69) is 17.6 Å². The van der Waals surface area contributed by atoms with E-state index in [9.17, 15) is 4.79 Å². The molecule has 4 nitrogen and oxygen atoms in total. The van der Waals surface area contributed by atoms with Crippen LogP contribution in [0.5, 0.6) is 0 Å². The van der Waals surface area contributed by atoms with Crippen molar-refractivity contribution < 1.29 is 4.79 Å². The number of nitrogens with two attached hydrogens (primary N) is 1. The number of nitrogens with one attached hydrogen (secondary N) is 1. The smallest absolute Gasteiger partial charge is 0.283 e. The maximum absolute atomic E-state index is 11.0. The quantitative estimate of drug-likeness (QED) is 0.264. The summed E-state index contributed by atoms with van der Waals surface area (Å²) in [5.74, 6) is 5.05. The van der Waals surface area contributed by atoms with Crippen molar-refractivity contribution in [1.82, 2.24) is 10.4 Å². The Labute approximate surface area is 75.6 Å². The highest BCUT2D eigenvalue weighted by molar-refractivity contribution is 7.79.